The molecule has 3 fully saturated rings. The standard InChI is InChI=1S/C26H40O8/c1-15-5-8-19-25(2,14-33-24-22(30)21(29)20(28)18(13-27)34-24)10-4-11-26(19,3)17(15)7-6-16-9-12-32-23(16)31/h9,17-22,24,27-30H,1,4-8,10-14H2,2-3H3/t17-,18-,19+,20-,21+,22-,24-,25+,26-/m0/s1. The molecule has 0 bridgehead atoms. The number of hydrogen-bond acceptors (Lipinski definition) is 8. The monoisotopic (exact) mass is 480 g/mol. The van der Waals surface area contributed by atoms with Crippen LogP contribution >= 0.6 is 0 Å². The molecular formula is C26H40O8. The molecule has 8 nitrogen and oxygen atoms in total. The molecule has 2 aliphatic heterocycles. The molecule has 4 rings (SSSR count). The Kier molecular flexibility index (Phi) is 7.58. The van der Waals surface area contributed by atoms with Crippen LogP contribution < -0.4 is 0 Å². The van der Waals surface area contributed by atoms with Crippen LogP contribution in [-0.4, -0.2) is 76.9 Å². The lowest BCUT2D eigenvalue weighted by molar-refractivity contribution is -0.309. The minimum atomic E-state index is -1.45. The number of hydrogen-bond donors (Lipinski definition) is 4. The first-order chi connectivity index (χ1) is 16.1. The van der Waals surface area contributed by atoms with E-state index in [4.69, 9.17) is 14.2 Å². The predicted octanol–water partition coefficient (Wildman–Crippen LogP) is 1.85. The maximum atomic E-state index is 11.9. The van der Waals surface area contributed by atoms with E-state index in [1.54, 1.807) is 0 Å². The lowest BCUT2D eigenvalue weighted by Crippen LogP contribution is -2.60. The Labute approximate surface area is 201 Å². The first kappa shape index (κ1) is 25.8. The molecule has 8 heteroatoms. The third-order valence-electron chi connectivity index (χ3n) is 9.08. The van der Waals surface area contributed by atoms with Crippen LogP contribution in [0.1, 0.15) is 58.8 Å². The second kappa shape index (κ2) is 9.99. The van der Waals surface area contributed by atoms with Crippen LogP contribution in [0.25, 0.3) is 0 Å². The Morgan fingerprint density at radius 1 is 1.18 bits per heavy atom. The molecule has 2 saturated carbocycles. The lowest BCUT2D eigenvalue weighted by Gasteiger charge is -2.59. The summed E-state index contributed by atoms with van der Waals surface area (Å²) in [5.41, 5.74) is 1.87. The molecule has 0 aromatic heterocycles. The fraction of sp³-hybridized carbons (Fsp3) is 0.808. The van der Waals surface area contributed by atoms with Crippen LogP contribution in [-0.2, 0) is 19.0 Å². The molecule has 4 aliphatic rings. The van der Waals surface area contributed by atoms with Crippen molar-refractivity contribution >= 4 is 5.97 Å². The molecule has 0 unspecified atom stereocenters. The van der Waals surface area contributed by atoms with Gasteiger partial charge < -0.3 is 34.6 Å². The second-order valence-corrected chi connectivity index (χ2v) is 11.2. The van der Waals surface area contributed by atoms with Gasteiger partial charge in [-0.1, -0.05) is 32.4 Å². The van der Waals surface area contributed by atoms with E-state index in [1.807, 2.05) is 6.08 Å². The number of ether oxygens (including phenoxy) is 3. The number of cyclic esters (lactones) is 1. The maximum Gasteiger partial charge on any atom is 0.334 e. The van der Waals surface area contributed by atoms with Crippen molar-refractivity contribution in [3.05, 3.63) is 23.8 Å². The van der Waals surface area contributed by atoms with Crippen molar-refractivity contribution in [1.29, 1.82) is 0 Å². The Balaban J connectivity index is 1.46. The van der Waals surface area contributed by atoms with Gasteiger partial charge in [0.15, 0.2) is 6.29 Å². The largest absolute Gasteiger partial charge is 0.458 e. The first-order valence-electron chi connectivity index (χ1n) is 12.6. The Morgan fingerprint density at radius 2 is 1.94 bits per heavy atom. The zero-order valence-corrected chi connectivity index (χ0v) is 20.3. The number of esters is 1. The van der Waals surface area contributed by atoms with E-state index in [0.29, 0.717) is 31.5 Å². The minimum Gasteiger partial charge on any atom is -0.458 e. The van der Waals surface area contributed by atoms with Crippen molar-refractivity contribution < 1.29 is 39.4 Å². The Bertz CT molecular complexity index is 809. The highest BCUT2D eigenvalue weighted by molar-refractivity contribution is 5.90. The van der Waals surface area contributed by atoms with Crippen molar-refractivity contribution in [3.8, 4) is 0 Å². The van der Waals surface area contributed by atoms with Crippen LogP contribution in [0.5, 0.6) is 0 Å². The van der Waals surface area contributed by atoms with Crippen LogP contribution in [0.4, 0.5) is 0 Å². The fourth-order valence-corrected chi connectivity index (χ4v) is 7.17. The molecule has 0 aromatic carbocycles. The van der Waals surface area contributed by atoms with Gasteiger partial charge in [-0.25, -0.2) is 4.79 Å². The minimum absolute atomic E-state index is 0.0180. The number of aliphatic hydroxyl groups is 4. The van der Waals surface area contributed by atoms with E-state index in [0.717, 1.165) is 44.1 Å². The summed E-state index contributed by atoms with van der Waals surface area (Å²) in [5, 5.41) is 40.0. The van der Waals surface area contributed by atoms with Gasteiger partial charge in [-0.05, 0) is 67.3 Å². The highest BCUT2D eigenvalue weighted by Gasteiger charge is 2.55. The molecule has 2 heterocycles. The number of aliphatic hydroxyl groups excluding tert-OH is 4. The summed E-state index contributed by atoms with van der Waals surface area (Å²) in [6, 6.07) is 0. The van der Waals surface area contributed by atoms with E-state index < -0.39 is 37.3 Å². The summed E-state index contributed by atoms with van der Waals surface area (Å²) < 4.78 is 16.7. The maximum absolute atomic E-state index is 11.9. The lowest BCUT2D eigenvalue weighted by atomic mass is 9.47. The number of allylic oxidation sites excluding steroid dienone is 1. The van der Waals surface area contributed by atoms with Crippen molar-refractivity contribution in [2.24, 2.45) is 22.7 Å². The Morgan fingerprint density at radius 3 is 2.62 bits per heavy atom. The highest BCUT2D eigenvalue weighted by Crippen LogP contribution is 2.62. The molecule has 0 aromatic rings. The van der Waals surface area contributed by atoms with Crippen LogP contribution in [0.2, 0.25) is 0 Å². The first-order valence-corrected chi connectivity index (χ1v) is 12.6. The topological polar surface area (TPSA) is 126 Å². The molecule has 9 atom stereocenters. The summed E-state index contributed by atoms with van der Waals surface area (Å²) in [5.74, 6) is 0.454. The van der Waals surface area contributed by atoms with Gasteiger partial charge in [-0.3, -0.25) is 0 Å². The Hall–Kier alpha value is -1.29. The van der Waals surface area contributed by atoms with E-state index in [-0.39, 0.29) is 16.8 Å². The van der Waals surface area contributed by atoms with E-state index in [9.17, 15) is 25.2 Å². The number of carbonyl (C=O) groups excluding carboxylic acids is 1. The summed E-state index contributed by atoms with van der Waals surface area (Å²) in [7, 11) is 0. The molecule has 4 N–H and O–H groups in total. The van der Waals surface area contributed by atoms with E-state index in [2.05, 4.69) is 20.4 Å². The SMILES string of the molecule is C=C1CC[C@@H]2[C@@](C)(CO[C@H]3O[C@@H](CO)[C@H](O)[C@@H](O)[C@@H]3O)CCC[C@@]2(C)[C@H]1CCC1=CCOC1=O. The van der Waals surface area contributed by atoms with Crippen molar-refractivity contribution in [3.63, 3.8) is 0 Å². The van der Waals surface area contributed by atoms with Crippen molar-refractivity contribution in [1.82, 2.24) is 0 Å². The molecule has 34 heavy (non-hydrogen) atoms. The quantitative estimate of drug-likeness (QED) is 0.321. The molecule has 1 saturated heterocycles. The fourth-order valence-electron chi connectivity index (χ4n) is 7.17. The van der Waals surface area contributed by atoms with Crippen LogP contribution in [0.15, 0.2) is 23.8 Å². The number of rotatable bonds is 7. The normalized spacial score (nSPS) is 45.0. The highest BCUT2D eigenvalue weighted by atomic mass is 16.7. The van der Waals surface area contributed by atoms with E-state index in [1.165, 1.54) is 5.57 Å². The average Bonchev–Trinajstić information content (AvgIpc) is 3.21. The van der Waals surface area contributed by atoms with Gasteiger partial charge in [0.1, 0.15) is 31.0 Å². The second-order valence-electron chi connectivity index (χ2n) is 11.2. The van der Waals surface area contributed by atoms with Gasteiger partial charge in [0.2, 0.25) is 0 Å². The molecule has 192 valence electrons. The molecule has 0 spiro atoms. The van der Waals surface area contributed by atoms with Gasteiger partial charge in [-0.2, -0.15) is 0 Å². The zero-order valence-electron chi connectivity index (χ0n) is 20.3. The van der Waals surface area contributed by atoms with Crippen LogP contribution in [0.3, 0.4) is 0 Å². The molecular weight excluding hydrogens is 440 g/mol. The predicted molar refractivity (Wildman–Crippen MR) is 123 cm³/mol. The van der Waals surface area contributed by atoms with Crippen molar-refractivity contribution in [2.45, 2.75) is 89.5 Å². The third kappa shape index (κ3) is 4.61. The van der Waals surface area contributed by atoms with E-state index >= 15 is 0 Å². The number of fused-ring (bicyclic) bond motifs is 1. The van der Waals surface area contributed by atoms with Crippen LogP contribution in [0, 0.1) is 22.7 Å². The number of carbonyl (C=O) groups is 1. The van der Waals surface area contributed by atoms with Gasteiger partial charge in [0, 0.05) is 5.57 Å². The summed E-state index contributed by atoms with van der Waals surface area (Å²) in [6.45, 7) is 9.21. The van der Waals surface area contributed by atoms with Gasteiger partial charge in [-0.15, -0.1) is 0 Å². The molecule has 2 aliphatic carbocycles. The average molecular weight is 481 g/mol. The summed E-state index contributed by atoms with van der Waals surface area (Å²) in [4.78, 5) is 11.9. The zero-order chi connectivity index (χ0) is 24.7. The third-order valence-corrected chi connectivity index (χ3v) is 9.08. The summed E-state index contributed by atoms with van der Waals surface area (Å²) in [6.07, 6.45) is 2.15. The van der Waals surface area contributed by atoms with Gasteiger partial charge >= 0.3 is 5.97 Å². The summed E-state index contributed by atoms with van der Waals surface area (Å²) >= 11 is 0. The van der Waals surface area contributed by atoms with Crippen molar-refractivity contribution in [2.75, 3.05) is 19.8 Å². The van der Waals surface area contributed by atoms with Gasteiger partial charge in [0.25, 0.3) is 0 Å². The molecule has 0 amide bonds. The molecule has 0 radical (unpaired) electrons. The van der Waals surface area contributed by atoms with Gasteiger partial charge in [0.05, 0.1) is 13.2 Å². The smallest absolute Gasteiger partial charge is 0.334 e.